The number of amides is 1. The molecule has 1 unspecified atom stereocenters. The van der Waals surface area contributed by atoms with Crippen LogP contribution in [0.2, 0.25) is 0 Å². The first-order valence-electron chi connectivity index (χ1n) is 5.52. The monoisotopic (exact) mass is 247 g/mol. The molecular weight excluding hydrogens is 226 g/mol. The third-order valence-electron chi connectivity index (χ3n) is 3.10. The molecule has 0 saturated heterocycles. The molecule has 1 atom stereocenters. The average Bonchev–Trinajstić information content (AvgIpc) is 2.98. The molecular formula is C11H21NOS2. The van der Waals surface area contributed by atoms with Gasteiger partial charge in [-0.1, -0.05) is 6.92 Å². The molecule has 2 nitrogen and oxygen atoms in total. The molecule has 88 valence electrons. The van der Waals surface area contributed by atoms with Crippen molar-refractivity contribution in [3.63, 3.8) is 0 Å². The van der Waals surface area contributed by atoms with Gasteiger partial charge < -0.3 is 5.32 Å². The minimum absolute atomic E-state index is 0.204. The molecule has 0 bridgehead atoms. The van der Waals surface area contributed by atoms with Crippen molar-refractivity contribution < 1.29 is 4.79 Å². The number of hydrogen-bond acceptors (Lipinski definition) is 3. The number of carbonyl (C=O) groups is 1. The molecule has 0 aromatic rings. The molecule has 0 spiro atoms. The Kier molecular flexibility index (Phi) is 5.33. The highest BCUT2D eigenvalue weighted by Crippen LogP contribution is 2.49. The maximum atomic E-state index is 11.6. The van der Waals surface area contributed by atoms with E-state index in [9.17, 15) is 4.79 Å². The lowest BCUT2D eigenvalue weighted by Crippen LogP contribution is -2.28. The van der Waals surface area contributed by atoms with Crippen molar-refractivity contribution in [1.29, 1.82) is 0 Å². The van der Waals surface area contributed by atoms with Crippen molar-refractivity contribution in [2.45, 2.75) is 37.9 Å². The van der Waals surface area contributed by atoms with Crippen LogP contribution in [0.5, 0.6) is 0 Å². The molecule has 1 aliphatic carbocycles. The zero-order chi connectivity index (χ0) is 11.3. The van der Waals surface area contributed by atoms with E-state index in [0.717, 1.165) is 18.7 Å². The van der Waals surface area contributed by atoms with Gasteiger partial charge in [0.15, 0.2) is 0 Å². The molecule has 1 aliphatic rings. The lowest BCUT2D eigenvalue weighted by molar-refractivity contribution is -0.122. The van der Waals surface area contributed by atoms with Gasteiger partial charge in [0.2, 0.25) is 5.91 Å². The van der Waals surface area contributed by atoms with Crippen molar-refractivity contribution in [3.8, 4) is 0 Å². The fourth-order valence-electron chi connectivity index (χ4n) is 1.50. The number of thioether (sulfide) groups is 1. The molecule has 0 heterocycles. The summed E-state index contributed by atoms with van der Waals surface area (Å²) in [5.74, 6) is 1.05. The predicted octanol–water partition coefficient (Wildman–Crippen LogP) is 2.34. The van der Waals surface area contributed by atoms with Crippen LogP contribution in [0.4, 0.5) is 0 Å². The summed E-state index contributed by atoms with van der Waals surface area (Å²) in [6.45, 7) is 3.00. The fourth-order valence-corrected chi connectivity index (χ4v) is 2.28. The Hall–Kier alpha value is 0.170. The molecule has 0 radical (unpaired) electrons. The van der Waals surface area contributed by atoms with E-state index in [0.29, 0.717) is 11.7 Å². The summed E-state index contributed by atoms with van der Waals surface area (Å²) in [6, 6.07) is 0. The van der Waals surface area contributed by atoms with Gasteiger partial charge in [-0.2, -0.15) is 24.4 Å². The third kappa shape index (κ3) is 4.68. The van der Waals surface area contributed by atoms with Crippen molar-refractivity contribution in [2.75, 3.05) is 18.6 Å². The third-order valence-corrected chi connectivity index (χ3v) is 4.81. The number of thiol groups is 1. The summed E-state index contributed by atoms with van der Waals surface area (Å²) in [7, 11) is 0. The van der Waals surface area contributed by atoms with Gasteiger partial charge in [-0.05, 0) is 36.7 Å². The lowest BCUT2D eigenvalue weighted by atomic mass is 10.1. The molecule has 1 rings (SSSR count). The van der Waals surface area contributed by atoms with Gasteiger partial charge in [0.05, 0.1) is 0 Å². The minimum Gasteiger partial charge on any atom is -0.356 e. The second-order valence-electron chi connectivity index (χ2n) is 4.52. The van der Waals surface area contributed by atoms with Crippen LogP contribution in [0.3, 0.4) is 0 Å². The Bertz CT molecular complexity index is 217. The van der Waals surface area contributed by atoms with Gasteiger partial charge in [0, 0.05) is 18.2 Å². The SMILES string of the molecule is CSC(C)CCNC(=O)CC1(CS)CC1. The van der Waals surface area contributed by atoms with Crippen molar-refractivity contribution >= 4 is 30.3 Å². The van der Waals surface area contributed by atoms with Crippen LogP contribution in [0.1, 0.15) is 32.6 Å². The van der Waals surface area contributed by atoms with E-state index in [1.165, 1.54) is 12.8 Å². The van der Waals surface area contributed by atoms with Gasteiger partial charge >= 0.3 is 0 Å². The predicted molar refractivity (Wildman–Crippen MR) is 70.7 cm³/mol. The van der Waals surface area contributed by atoms with Gasteiger partial charge in [0.25, 0.3) is 0 Å². The first kappa shape index (κ1) is 13.2. The standard InChI is InChI=1S/C11H21NOS2/c1-9(15-2)3-6-12-10(13)7-11(8-14)4-5-11/h9,14H,3-8H2,1-2H3,(H,12,13). The summed E-state index contributed by atoms with van der Waals surface area (Å²) in [5.41, 5.74) is 0.248. The summed E-state index contributed by atoms with van der Waals surface area (Å²) in [4.78, 5) is 11.6. The van der Waals surface area contributed by atoms with Crippen molar-refractivity contribution in [1.82, 2.24) is 5.32 Å². The van der Waals surface area contributed by atoms with Crippen molar-refractivity contribution in [2.24, 2.45) is 5.41 Å². The Labute approximate surface area is 102 Å². The lowest BCUT2D eigenvalue weighted by Gasteiger charge is -2.13. The van der Waals surface area contributed by atoms with E-state index < -0.39 is 0 Å². The molecule has 1 amide bonds. The Morgan fingerprint density at radius 1 is 1.60 bits per heavy atom. The molecule has 1 fully saturated rings. The second kappa shape index (κ2) is 6.04. The topological polar surface area (TPSA) is 29.1 Å². The number of rotatable bonds is 7. The quantitative estimate of drug-likeness (QED) is 0.676. The molecule has 4 heteroatoms. The average molecular weight is 247 g/mol. The normalized spacial score (nSPS) is 19.7. The highest BCUT2D eigenvalue weighted by Gasteiger charge is 2.42. The molecule has 0 aliphatic heterocycles. The largest absolute Gasteiger partial charge is 0.356 e. The van der Waals surface area contributed by atoms with E-state index in [1.807, 2.05) is 11.8 Å². The molecule has 15 heavy (non-hydrogen) atoms. The van der Waals surface area contributed by atoms with E-state index >= 15 is 0 Å². The molecule has 1 saturated carbocycles. The van der Waals surface area contributed by atoms with Gasteiger partial charge in [-0.3, -0.25) is 4.79 Å². The van der Waals surface area contributed by atoms with E-state index in [-0.39, 0.29) is 11.3 Å². The number of nitrogens with one attached hydrogen (secondary N) is 1. The molecule has 1 N–H and O–H groups in total. The minimum atomic E-state index is 0.204. The van der Waals surface area contributed by atoms with Crippen LogP contribution in [0.25, 0.3) is 0 Å². The van der Waals surface area contributed by atoms with E-state index in [1.54, 1.807) is 0 Å². The van der Waals surface area contributed by atoms with Gasteiger partial charge in [-0.25, -0.2) is 0 Å². The van der Waals surface area contributed by atoms with Crippen LogP contribution in [0.15, 0.2) is 0 Å². The van der Waals surface area contributed by atoms with Gasteiger partial charge in [-0.15, -0.1) is 0 Å². The van der Waals surface area contributed by atoms with Crippen molar-refractivity contribution in [3.05, 3.63) is 0 Å². The zero-order valence-electron chi connectivity index (χ0n) is 9.58. The smallest absolute Gasteiger partial charge is 0.220 e. The van der Waals surface area contributed by atoms with Crippen LogP contribution in [-0.4, -0.2) is 29.7 Å². The fraction of sp³-hybridized carbons (Fsp3) is 0.909. The van der Waals surface area contributed by atoms with Crippen LogP contribution in [0, 0.1) is 5.41 Å². The van der Waals surface area contributed by atoms with E-state index in [2.05, 4.69) is 31.1 Å². The first-order valence-corrected chi connectivity index (χ1v) is 7.44. The van der Waals surface area contributed by atoms with Gasteiger partial charge in [0.1, 0.15) is 0 Å². The number of carbonyl (C=O) groups excluding carboxylic acids is 1. The number of hydrogen-bond donors (Lipinski definition) is 2. The van der Waals surface area contributed by atoms with E-state index in [4.69, 9.17) is 0 Å². The highest BCUT2D eigenvalue weighted by molar-refractivity contribution is 7.99. The zero-order valence-corrected chi connectivity index (χ0v) is 11.3. The molecule has 0 aromatic carbocycles. The maximum absolute atomic E-state index is 11.6. The highest BCUT2D eigenvalue weighted by atomic mass is 32.2. The second-order valence-corrected chi connectivity index (χ2v) is 6.11. The Balaban J connectivity index is 2.09. The maximum Gasteiger partial charge on any atom is 0.220 e. The summed E-state index contributed by atoms with van der Waals surface area (Å²) < 4.78 is 0. The molecule has 0 aromatic heterocycles. The summed E-state index contributed by atoms with van der Waals surface area (Å²) in [5, 5.41) is 3.62. The summed E-state index contributed by atoms with van der Waals surface area (Å²) in [6.07, 6.45) is 6.17. The van der Waals surface area contributed by atoms with Crippen LogP contribution in [-0.2, 0) is 4.79 Å². The Morgan fingerprint density at radius 3 is 2.73 bits per heavy atom. The van der Waals surface area contributed by atoms with Crippen LogP contribution < -0.4 is 5.32 Å². The Morgan fingerprint density at radius 2 is 2.27 bits per heavy atom. The first-order chi connectivity index (χ1) is 7.12. The summed E-state index contributed by atoms with van der Waals surface area (Å²) >= 11 is 6.14. The van der Waals surface area contributed by atoms with Crippen LogP contribution >= 0.6 is 24.4 Å².